The number of carbonyl (C=O) groups is 1. The number of carbonyl (C=O) groups excluding carboxylic acids is 1. The lowest BCUT2D eigenvalue weighted by atomic mass is 9.81. The van der Waals surface area contributed by atoms with Crippen LogP contribution in [-0.4, -0.2) is 23.2 Å². The first-order chi connectivity index (χ1) is 8.11. The van der Waals surface area contributed by atoms with Crippen LogP contribution in [0, 0.1) is 5.92 Å². The summed E-state index contributed by atoms with van der Waals surface area (Å²) >= 11 is 0. The second-order valence-electron chi connectivity index (χ2n) is 4.25. The molecule has 0 aromatic carbocycles. The van der Waals surface area contributed by atoms with Crippen LogP contribution in [-0.2, 0) is 11.2 Å². The maximum atomic E-state index is 10.6. The molecule has 0 radical (unpaired) electrons. The minimum absolute atomic E-state index is 0.118. The van der Waals surface area contributed by atoms with Crippen LogP contribution in [0.1, 0.15) is 30.1 Å². The molecule has 0 saturated carbocycles. The monoisotopic (exact) mass is 236 g/mol. The van der Waals surface area contributed by atoms with E-state index in [1.165, 1.54) is 7.11 Å². The van der Waals surface area contributed by atoms with E-state index in [0.717, 1.165) is 12.0 Å². The molecule has 2 rings (SSSR count). The summed E-state index contributed by atoms with van der Waals surface area (Å²) in [6.07, 6.45) is 2.01. The quantitative estimate of drug-likeness (QED) is 0.787. The van der Waals surface area contributed by atoms with Crippen molar-refractivity contribution in [2.45, 2.75) is 25.4 Å². The number of rotatable bonds is 3. The second kappa shape index (κ2) is 4.71. The fraction of sp³-hybridized carbons (Fsp3) is 0.500. The van der Waals surface area contributed by atoms with E-state index < -0.39 is 12.1 Å². The van der Waals surface area contributed by atoms with Crippen molar-refractivity contribution in [1.82, 2.24) is 4.98 Å². The molecule has 2 unspecified atom stereocenters. The number of pyridine rings is 1. The molecule has 5 heteroatoms. The zero-order valence-corrected chi connectivity index (χ0v) is 9.55. The Labute approximate surface area is 99.1 Å². The summed E-state index contributed by atoms with van der Waals surface area (Å²) in [5.74, 6) is -0.907. The molecule has 0 saturated heterocycles. The van der Waals surface area contributed by atoms with Crippen LogP contribution >= 0.6 is 0 Å². The van der Waals surface area contributed by atoms with E-state index in [-0.39, 0.29) is 12.3 Å². The van der Waals surface area contributed by atoms with Crippen LogP contribution in [0.25, 0.3) is 0 Å². The van der Waals surface area contributed by atoms with Gasteiger partial charge in [-0.15, -0.1) is 0 Å². The molecule has 0 aliphatic heterocycles. The van der Waals surface area contributed by atoms with Crippen LogP contribution in [0.3, 0.4) is 0 Å². The minimum Gasteiger partial charge on any atom is -0.550 e. The van der Waals surface area contributed by atoms with Crippen LogP contribution in [0.15, 0.2) is 12.3 Å². The predicted molar refractivity (Wildman–Crippen MR) is 57.2 cm³/mol. The van der Waals surface area contributed by atoms with Gasteiger partial charge in [-0.1, -0.05) is 0 Å². The summed E-state index contributed by atoms with van der Waals surface area (Å²) in [7, 11) is 1.53. The number of aliphatic hydroxyl groups is 1. The van der Waals surface area contributed by atoms with Gasteiger partial charge in [-0.05, 0) is 30.7 Å². The predicted octanol–water partition coefficient (Wildman–Crippen LogP) is -0.174. The van der Waals surface area contributed by atoms with Crippen LogP contribution < -0.4 is 9.84 Å². The molecule has 0 bridgehead atoms. The Morgan fingerprint density at radius 2 is 2.47 bits per heavy atom. The highest BCUT2D eigenvalue weighted by atomic mass is 16.5. The number of ether oxygens (including phenoxy) is 1. The lowest BCUT2D eigenvalue weighted by Gasteiger charge is -2.30. The number of hydrogen-bond acceptors (Lipinski definition) is 5. The first-order valence-electron chi connectivity index (χ1n) is 5.52. The summed E-state index contributed by atoms with van der Waals surface area (Å²) in [5.41, 5.74) is 1.67. The van der Waals surface area contributed by atoms with Crippen LogP contribution in [0.4, 0.5) is 0 Å². The van der Waals surface area contributed by atoms with Crippen molar-refractivity contribution in [3.63, 3.8) is 0 Å². The van der Waals surface area contributed by atoms with Gasteiger partial charge in [-0.3, -0.25) is 0 Å². The molecule has 1 heterocycles. The van der Waals surface area contributed by atoms with Crippen LogP contribution in [0.5, 0.6) is 5.88 Å². The van der Waals surface area contributed by atoms with E-state index in [0.29, 0.717) is 17.9 Å². The number of aryl methyl sites for hydroxylation is 1. The molecule has 1 aromatic rings. The van der Waals surface area contributed by atoms with Gasteiger partial charge in [0.1, 0.15) is 0 Å². The highest BCUT2D eigenvalue weighted by Gasteiger charge is 2.28. The topological polar surface area (TPSA) is 82.5 Å². The number of aliphatic carboxylic acids is 1. The highest BCUT2D eigenvalue weighted by Crippen LogP contribution is 2.36. The zero-order chi connectivity index (χ0) is 12.4. The van der Waals surface area contributed by atoms with Gasteiger partial charge < -0.3 is 19.7 Å². The maximum absolute atomic E-state index is 10.6. The van der Waals surface area contributed by atoms with Gasteiger partial charge in [0.25, 0.3) is 0 Å². The Balaban J connectivity index is 2.23. The molecule has 1 aliphatic carbocycles. The number of carboxylic acid groups (broad SMARTS) is 1. The Morgan fingerprint density at radius 3 is 3.12 bits per heavy atom. The third-order valence-corrected chi connectivity index (χ3v) is 3.19. The Bertz CT molecular complexity index is 433. The number of nitrogens with zero attached hydrogens (tertiary/aromatic N) is 1. The molecule has 92 valence electrons. The molecule has 1 N–H and O–H groups in total. The van der Waals surface area contributed by atoms with Crippen molar-refractivity contribution >= 4 is 5.97 Å². The lowest BCUT2D eigenvalue weighted by molar-refractivity contribution is -0.307. The highest BCUT2D eigenvalue weighted by molar-refractivity contribution is 5.64. The van der Waals surface area contributed by atoms with Gasteiger partial charge in [-0.2, -0.15) is 0 Å². The van der Waals surface area contributed by atoms with Gasteiger partial charge in [0.15, 0.2) is 0 Å². The number of aromatic nitrogens is 1. The molecular weight excluding hydrogens is 222 g/mol. The summed E-state index contributed by atoms with van der Waals surface area (Å²) in [5, 5.41) is 20.6. The maximum Gasteiger partial charge on any atom is 0.213 e. The molecule has 1 aromatic heterocycles. The SMILES string of the molecule is COc1cc2c(cn1)C(O)C(CC(=O)[O-])CC2. The normalized spacial score (nSPS) is 22.9. The van der Waals surface area contributed by atoms with Gasteiger partial charge in [-0.25, -0.2) is 4.98 Å². The van der Waals surface area contributed by atoms with Crippen molar-refractivity contribution in [2.75, 3.05) is 7.11 Å². The van der Waals surface area contributed by atoms with Gasteiger partial charge in [0.2, 0.25) is 5.88 Å². The van der Waals surface area contributed by atoms with E-state index in [9.17, 15) is 15.0 Å². The smallest absolute Gasteiger partial charge is 0.213 e. The fourth-order valence-corrected chi connectivity index (χ4v) is 2.26. The van der Waals surface area contributed by atoms with Gasteiger partial charge >= 0.3 is 0 Å². The summed E-state index contributed by atoms with van der Waals surface area (Å²) in [6.45, 7) is 0. The standard InChI is InChI=1S/C12H15NO4/c1-17-10-4-7-2-3-8(5-11(14)15)12(16)9(7)6-13-10/h4,6,8,12,16H,2-3,5H2,1H3,(H,14,15)/p-1. The van der Waals surface area contributed by atoms with Crippen molar-refractivity contribution in [2.24, 2.45) is 5.92 Å². The largest absolute Gasteiger partial charge is 0.550 e. The number of methoxy groups -OCH3 is 1. The number of carboxylic acids is 1. The fourth-order valence-electron chi connectivity index (χ4n) is 2.26. The molecule has 0 amide bonds. The summed E-state index contributed by atoms with van der Waals surface area (Å²) in [6, 6.07) is 1.79. The number of fused-ring (bicyclic) bond motifs is 1. The molecule has 5 nitrogen and oxygen atoms in total. The number of hydrogen-bond donors (Lipinski definition) is 1. The van der Waals surface area contributed by atoms with E-state index in [4.69, 9.17) is 4.74 Å². The third kappa shape index (κ3) is 2.39. The average molecular weight is 236 g/mol. The van der Waals surface area contributed by atoms with Gasteiger partial charge in [0.05, 0.1) is 13.2 Å². The summed E-state index contributed by atoms with van der Waals surface area (Å²) < 4.78 is 5.01. The third-order valence-electron chi connectivity index (χ3n) is 3.19. The van der Waals surface area contributed by atoms with Crippen molar-refractivity contribution in [1.29, 1.82) is 0 Å². The molecule has 17 heavy (non-hydrogen) atoms. The molecule has 1 aliphatic rings. The van der Waals surface area contributed by atoms with E-state index in [2.05, 4.69) is 4.98 Å². The first-order valence-corrected chi connectivity index (χ1v) is 5.52. The van der Waals surface area contributed by atoms with E-state index in [1.807, 2.05) is 0 Å². The Hall–Kier alpha value is -1.62. The van der Waals surface area contributed by atoms with Crippen molar-refractivity contribution in [3.05, 3.63) is 23.4 Å². The average Bonchev–Trinajstić information content (AvgIpc) is 2.32. The molecule has 2 atom stereocenters. The van der Waals surface area contributed by atoms with Gasteiger partial charge in [0, 0.05) is 23.8 Å². The van der Waals surface area contributed by atoms with Crippen LogP contribution in [0.2, 0.25) is 0 Å². The zero-order valence-electron chi connectivity index (χ0n) is 9.55. The minimum atomic E-state index is -1.13. The van der Waals surface area contributed by atoms with Crippen molar-refractivity contribution < 1.29 is 19.7 Å². The number of aliphatic hydroxyl groups excluding tert-OH is 1. The lowest BCUT2D eigenvalue weighted by Crippen LogP contribution is -2.30. The Morgan fingerprint density at radius 1 is 1.71 bits per heavy atom. The Kier molecular flexibility index (Phi) is 3.28. The molecule has 0 fully saturated rings. The molecule has 0 spiro atoms. The first kappa shape index (κ1) is 11.9. The van der Waals surface area contributed by atoms with Crippen molar-refractivity contribution in [3.8, 4) is 5.88 Å². The second-order valence-corrected chi connectivity index (χ2v) is 4.25. The van der Waals surface area contributed by atoms with E-state index in [1.54, 1.807) is 12.3 Å². The molecular formula is C12H14NO4-. The summed E-state index contributed by atoms with van der Waals surface area (Å²) in [4.78, 5) is 14.6. The van der Waals surface area contributed by atoms with E-state index >= 15 is 0 Å².